The van der Waals surface area contributed by atoms with Crippen LogP contribution < -0.4 is 0 Å². The fourth-order valence-corrected chi connectivity index (χ4v) is 1.77. The zero-order valence-corrected chi connectivity index (χ0v) is 9.34. The maximum Gasteiger partial charge on any atom is -0.0239 e. The SMILES string of the molecule is C.C=C/C=C(\CCC)C1=CC=C(C)CC1. The quantitative estimate of drug-likeness (QED) is 0.552. The summed E-state index contributed by atoms with van der Waals surface area (Å²) < 4.78 is 0. The molecular formula is C15H24. The lowest BCUT2D eigenvalue weighted by Crippen LogP contribution is -1.95. The molecule has 1 rings (SSSR count). The molecule has 0 unspecified atom stereocenters. The van der Waals surface area contributed by atoms with Crippen LogP contribution in [0.3, 0.4) is 0 Å². The highest BCUT2D eigenvalue weighted by molar-refractivity contribution is 5.39. The van der Waals surface area contributed by atoms with E-state index >= 15 is 0 Å². The third kappa shape index (κ3) is 4.33. The van der Waals surface area contributed by atoms with Gasteiger partial charge in [0, 0.05) is 0 Å². The molecule has 0 fully saturated rings. The molecular weight excluding hydrogens is 180 g/mol. The molecule has 0 heteroatoms. The van der Waals surface area contributed by atoms with E-state index in [0.29, 0.717) is 0 Å². The van der Waals surface area contributed by atoms with Crippen molar-refractivity contribution in [3.8, 4) is 0 Å². The monoisotopic (exact) mass is 204 g/mol. The van der Waals surface area contributed by atoms with Crippen molar-refractivity contribution < 1.29 is 0 Å². The number of rotatable bonds is 4. The van der Waals surface area contributed by atoms with E-state index in [1.165, 1.54) is 42.4 Å². The van der Waals surface area contributed by atoms with Crippen LogP contribution in [0.2, 0.25) is 0 Å². The lowest BCUT2D eigenvalue weighted by atomic mass is 9.91. The zero-order valence-electron chi connectivity index (χ0n) is 9.34. The molecule has 15 heavy (non-hydrogen) atoms. The van der Waals surface area contributed by atoms with Gasteiger partial charge in [-0.15, -0.1) is 0 Å². The Labute approximate surface area is 95.1 Å². The highest BCUT2D eigenvalue weighted by atomic mass is 14.1. The topological polar surface area (TPSA) is 0 Å². The van der Waals surface area contributed by atoms with Gasteiger partial charge in [0.15, 0.2) is 0 Å². The maximum absolute atomic E-state index is 3.77. The molecule has 0 amide bonds. The van der Waals surface area contributed by atoms with E-state index in [4.69, 9.17) is 0 Å². The van der Waals surface area contributed by atoms with Gasteiger partial charge in [0.25, 0.3) is 0 Å². The molecule has 0 aromatic carbocycles. The predicted molar refractivity (Wildman–Crippen MR) is 71.0 cm³/mol. The van der Waals surface area contributed by atoms with Crippen molar-refractivity contribution in [2.75, 3.05) is 0 Å². The van der Waals surface area contributed by atoms with Gasteiger partial charge in [-0.2, -0.15) is 0 Å². The van der Waals surface area contributed by atoms with E-state index in [-0.39, 0.29) is 7.43 Å². The molecule has 0 nitrogen and oxygen atoms in total. The molecule has 0 saturated heterocycles. The van der Waals surface area contributed by atoms with Crippen LogP contribution in [0, 0.1) is 0 Å². The minimum Gasteiger partial charge on any atom is -0.0991 e. The van der Waals surface area contributed by atoms with Crippen LogP contribution in [0.1, 0.15) is 47.0 Å². The van der Waals surface area contributed by atoms with Gasteiger partial charge in [0.1, 0.15) is 0 Å². The molecule has 0 radical (unpaired) electrons. The predicted octanol–water partition coefficient (Wildman–Crippen LogP) is 5.20. The Hall–Kier alpha value is -1.04. The first-order chi connectivity index (χ1) is 6.77. The third-order valence-corrected chi connectivity index (χ3v) is 2.61. The highest BCUT2D eigenvalue weighted by Crippen LogP contribution is 2.26. The molecule has 1 aliphatic rings. The number of allylic oxidation sites excluding steroid dienone is 7. The average Bonchev–Trinajstić information content (AvgIpc) is 2.19. The summed E-state index contributed by atoms with van der Waals surface area (Å²) in [5.41, 5.74) is 4.45. The summed E-state index contributed by atoms with van der Waals surface area (Å²) in [6.07, 6.45) is 13.4. The molecule has 0 saturated carbocycles. The first kappa shape index (κ1) is 14.0. The van der Waals surface area contributed by atoms with Gasteiger partial charge >= 0.3 is 0 Å². The van der Waals surface area contributed by atoms with Crippen LogP contribution in [-0.2, 0) is 0 Å². The Morgan fingerprint density at radius 1 is 1.40 bits per heavy atom. The molecule has 0 heterocycles. The van der Waals surface area contributed by atoms with Crippen molar-refractivity contribution >= 4 is 0 Å². The van der Waals surface area contributed by atoms with E-state index in [1.54, 1.807) is 0 Å². The minimum atomic E-state index is 0. The summed E-state index contributed by atoms with van der Waals surface area (Å²) in [5.74, 6) is 0. The van der Waals surface area contributed by atoms with Crippen LogP contribution >= 0.6 is 0 Å². The van der Waals surface area contributed by atoms with Crippen LogP contribution in [0.15, 0.2) is 47.6 Å². The van der Waals surface area contributed by atoms with Crippen molar-refractivity contribution in [1.29, 1.82) is 0 Å². The van der Waals surface area contributed by atoms with Gasteiger partial charge in [-0.25, -0.2) is 0 Å². The number of hydrogen-bond donors (Lipinski definition) is 0. The summed E-state index contributed by atoms with van der Waals surface area (Å²) in [6, 6.07) is 0. The zero-order chi connectivity index (χ0) is 10.4. The van der Waals surface area contributed by atoms with Crippen molar-refractivity contribution in [3.05, 3.63) is 47.6 Å². The summed E-state index contributed by atoms with van der Waals surface area (Å²) in [7, 11) is 0. The Morgan fingerprint density at radius 3 is 2.60 bits per heavy atom. The minimum absolute atomic E-state index is 0. The van der Waals surface area contributed by atoms with Crippen LogP contribution in [0.4, 0.5) is 0 Å². The number of hydrogen-bond acceptors (Lipinski definition) is 0. The molecule has 1 aliphatic carbocycles. The van der Waals surface area contributed by atoms with Crippen LogP contribution in [0.5, 0.6) is 0 Å². The van der Waals surface area contributed by atoms with E-state index in [0.717, 1.165) is 0 Å². The van der Waals surface area contributed by atoms with Crippen molar-refractivity contribution in [3.63, 3.8) is 0 Å². The van der Waals surface area contributed by atoms with Crippen LogP contribution in [-0.4, -0.2) is 0 Å². The van der Waals surface area contributed by atoms with E-state index < -0.39 is 0 Å². The van der Waals surface area contributed by atoms with E-state index in [1.807, 2.05) is 6.08 Å². The molecule has 0 atom stereocenters. The normalized spacial score (nSPS) is 16.3. The highest BCUT2D eigenvalue weighted by Gasteiger charge is 2.06. The standard InChI is InChI=1S/C14H20.CH4/c1-4-6-13(7-5-2)14-10-8-12(3)9-11-14;/h4,6,8,10H,1,5,7,9,11H2,2-3H3;1H4/b13-6+;. The van der Waals surface area contributed by atoms with Gasteiger partial charge in [-0.3, -0.25) is 0 Å². The van der Waals surface area contributed by atoms with Crippen LogP contribution in [0.25, 0.3) is 0 Å². The second kappa shape index (κ2) is 7.28. The van der Waals surface area contributed by atoms with Gasteiger partial charge in [0.2, 0.25) is 0 Å². The summed E-state index contributed by atoms with van der Waals surface area (Å²) in [4.78, 5) is 0. The molecule has 0 spiro atoms. The third-order valence-electron chi connectivity index (χ3n) is 2.61. The second-order valence-corrected chi connectivity index (χ2v) is 3.88. The lowest BCUT2D eigenvalue weighted by molar-refractivity contribution is 0.852. The van der Waals surface area contributed by atoms with Gasteiger partial charge in [-0.05, 0) is 37.3 Å². The Kier molecular flexibility index (Phi) is 6.77. The Balaban J connectivity index is 0.00000196. The first-order valence-corrected chi connectivity index (χ1v) is 5.46. The average molecular weight is 204 g/mol. The molecule has 0 aliphatic heterocycles. The molecule has 0 N–H and O–H groups in total. The maximum atomic E-state index is 3.77. The lowest BCUT2D eigenvalue weighted by Gasteiger charge is -2.14. The summed E-state index contributed by atoms with van der Waals surface area (Å²) in [5, 5.41) is 0. The smallest absolute Gasteiger partial charge is 0.0239 e. The second-order valence-electron chi connectivity index (χ2n) is 3.88. The van der Waals surface area contributed by atoms with Crippen molar-refractivity contribution in [2.24, 2.45) is 0 Å². The fraction of sp³-hybridized carbons (Fsp3) is 0.467. The molecule has 84 valence electrons. The first-order valence-electron chi connectivity index (χ1n) is 5.46. The van der Waals surface area contributed by atoms with Gasteiger partial charge in [-0.1, -0.05) is 57.2 Å². The van der Waals surface area contributed by atoms with Gasteiger partial charge < -0.3 is 0 Å². The Bertz CT molecular complexity index is 285. The molecule has 0 aromatic heterocycles. The van der Waals surface area contributed by atoms with Crippen molar-refractivity contribution in [1.82, 2.24) is 0 Å². The summed E-state index contributed by atoms with van der Waals surface area (Å²) in [6.45, 7) is 8.20. The van der Waals surface area contributed by atoms with Gasteiger partial charge in [0.05, 0.1) is 0 Å². The Morgan fingerprint density at radius 2 is 2.13 bits per heavy atom. The fourth-order valence-electron chi connectivity index (χ4n) is 1.77. The summed E-state index contributed by atoms with van der Waals surface area (Å²) >= 11 is 0. The largest absolute Gasteiger partial charge is 0.0991 e. The van der Waals surface area contributed by atoms with Crippen molar-refractivity contribution in [2.45, 2.75) is 47.0 Å². The molecule has 0 bridgehead atoms. The van der Waals surface area contributed by atoms with E-state index in [2.05, 4.69) is 38.7 Å². The molecule has 0 aromatic rings. The van der Waals surface area contributed by atoms with E-state index in [9.17, 15) is 0 Å².